The number of nitrogens with zero attached hydrogens (tertiary/aromatic N) is 4. The standard InChI is InChI=1S/C24H33F3N4O/c1-7-16(2)12-17(3)30-19(5)14-29(15-20(30)6)23-13-18(4)31(28-23)21-8-10-22(11-9-21)32-24(25,26)27/h8-11,13,16,19-20H,3,7,12,14-15H2,1-2,4-6H3. The Morgan fingerprint density at radius 1 is 1.19 bits per heavy atom. The molecule has 0 N–H and O–H groups in total. The summed E-state index contributed by atoms with van der Waals surface area (Å²) in [6, 6.07) is 8.38. The number of anilines is 1. The molecule has 0 amide bonds. The van der Waals surface area contributed by atoms with Crippen molar-refractivity contribution in [2.75, 3.05) is 18.0 Å². The van der Waals surface area contributed by atoms with E-state index < -0.39 is 6.36 Å². The zero-order valence-corrected chi connectivity index (χ0v) is 19.5. The van der Waals surface area contributed by atoms with Gasteiger partial charge in [0.05, 0.1) is 5.69 Å². The maximum Gasteiger partial charge on any atom is 0.573 e. The highest BCUT2D eigenvalue weighted by molar-refractivity contribution is 5.46. The molecule has 1 aliphatic rings. The van der Waals surface area contributed by atoms with E-state index in [1.165, 1.54) is 17.8 Å². The first kappa shape index (κ1) is 24.0. The van der Waals surface area contributed by atoms with Crippen LogP contribution in [0.3, 0.4) is 0 Å². The van der Waals surface area contributed by atoms with Gasteiger partial charge in [0.1, 0.15) is 5.75 Å². The molecule has 3 unspecified atom stereocenters. The Labute approximate surface area is 188 Å². The largest absolute Gasteiger partial charge is 0.573 e. The zero-order valence-electron chi connectivity index (χ0n) is 19.5. The average Bonchev–Trinajstić information content (AvgIpc) is 3.08. The first-order chi connectivity index (χ1) is 15.0. The first-order valence-electron chi connectivity index (χ1n) is 11.1. The highest BCUT2D eigenvalue weighted by Gasteiger charge is 2.32. The van der Waals surface area contributed by atoms with Crippen LogP contribution in [0.2, 0.25) is 0 Å². The summed E-state index contributed by atoms with van der Waals surface area (Å²) in [5.41, 5.74) is 2.79. The molecule has 3 atom stereocenters. The van der Waals surface area contributed by atoms with E-state index in [1.807, 2.05) is 13.0 Å². The SMILES string of the molecule is C=C(CC(C)CC)N1C(C)CN(c2cc(C)n(-c3ccc(OC(F)(F)F)cc3)n2)CC1C. The Morgan fingerprint density at radius 2 is 1.78 bits per heavy atom. The number of hydrogen-bond donors (Lipinski definition) is 0. The van der Waals surface area contributed by atoms with Gasteiger partial charge < -0.3 is 14.5 Å². The summed E-state index contributed by atoms with van der Waals surface area (Å²) in [4.78, 5) is 4.71. The van der Waals surface area contributed by atoms with E-state index in [9.17, 15) is 13.2 Å². The molecule has 3 rings (SSSR count). The highest BCUT2D eigenvalue weighted by Crippen LogP contribution is 2.29. The van der Waals surface area contributed by atoms with Gasteiger partial charge >= 0.3 is 6.36 Å². The van der Waals surface area contributed by atoms with E-state index in [0.717, 1.165) is 37.4 Å². The van der Waals surface area contributed by atoms with E-state index in [0.29, 0.717) is 23.7 Å². The van der Waals surface area contributed by atoms with Crippen molar-refractivity contribution in [3.05, 3.63) is 48.3 Å². The molecule has 1 aromatic carbocycles. The van der Waals surface area contributed by atoms with Crippen molar-refractivity contribution in [1.82, 2.24) is 14.7 Å². The lowest BCUT2D eigenvalue weighted by Crippen LogP contribution is -2.56. The second kappa shape index (κ2) is 9.46. The van der Waals surface area contributed by atoms with Crippen LogP contribution in [0.1, 0.15) is 46.2 Å². The van der Waals surface area contributed by atoms with Crippen LogP contribution in [0, 0.1) is 12.8 Å². The summed E-state index contributed by atoms with van der Waals surface area (Å²) in [5.74, 6) is 1.23. The topological polar surface area (TPSA) is 33.5 Å². The van der Waals surface area contributed by atoms with E-state index in [1.54, 1.807) is 16.8 Å². The first-order valence-corrected chi connectivity index (χ1v) is 11.1. The van der Waals surface area contributed by atoms with Gasteiger partial charge in [0, 0.05) is 42.6 Å². The van der Waals surface area contributed by atoms with Gasteiger partial charge in [-0.2, -0.15) is 5.10 Å². The third-order valence-corrected chi connectivity index (χ3v) is 6.08. The second-order valence-electron chi connectivity index (χ2n) is 8.89. The molecule has 0 aliphatic carbocycles. The molecule has 0 spiro atoms. The van der Waals surface area contributed by atoms with E-state index >= 15 is 0 Å². The van der Waals surface area contributed by atoms with Crippen molar-refractivity contribution < 1.29 is 17.9 Å². The fourth-order valence-corrected chi connectivity index (χ4v) is 4.45. The Bertz CT molecular complexity index is 910. The molecule has 0 saturated carbocycles. The summed E-state index contributed by atoms with van der Waals surface area (Å²) in [6.45, 7) is 16.9. The molecule has 8 heteroatoms. The number of ether oxygens (including phenoxy) is 1. The van der Waals surface area contributed by atoms with Gasteiger partial charge in [0.2, 0.25) is 0 Å². The summed E-state index contributed by atoms with van der Waals surface area (Å²) in [6.07, 6.45) is -2.56. The molecule has 2 aromatic rings. The van der Waals surface area contributed by atoms with E-state index in [-0.39, 0.29) is 5.75 Å². The molecule has 1 saturated heterocycles. The number of rotatable bonds is 7. The van der Waals surface area contributed by atoms with Gasteiger partial charge in [0.25, 0.3) is 0 Å². The van der Waals surface area contributed by atoms with Crippen molar-refractivity contribution in [2.24, 2.45) is 5.92 Å². The minimum Gasteiger partial charge on any atom is -0.406 e. The fraction of sp³-hybridized carbons (Fsp3) is 0.542. The van der Waals surface area contributed by atoms with Crippen LogP contribution in [-0.4, -0.2) is 46.2 Å². The number of aromatic nitrogens is 2. The number of alkyl halides is 3. The number of hydrogen-bond acceptors (Lipinski definition) is 4. The van der Waals surface area contributed by atoms with Crippen LogP contribution >= 0.6 is 0 Å². The van der Waals surface area contributed by atoms with Gasteiger partial charge in [-0.05, 0) is 57.4 Å². The van der Waals surface area contributed by atoms with Crippen molar-refractivity contribution in [1.29, 1.82) is 0 Å². The van der Waals surface area contributed by atoms with E-state index in [2.05, 4.69) is 48.8 Å². The predicted molar refractivity (Wildman–Crippen MR) is 121 cm³/mol. The molecule has 1 aliphatic heterocycles. The highest BCUT2D eigenvalue weighted by atomic mass is 19.4. The Kier molecular flexibility index (Phi) is 7.10. The predicted octanol–water partition coefficient (Wildman–Crippen LogP) is 5.93. The number of piperazine rings is 1. The van der Waals surface area contributed by atoms with Crippen LogP contribution in [0.15, 0.2) is 42.6 Å². The third kappa shape index (κ3) is 5.58. The van der Waals surface area contributed by atoms with Crippen molar-refractivity contribution in [3.8, 4) is 11.4 Å². The Hall–Kier alpha value is -2.64. The molecule has 1 fully saturated rings. The molecule has 1 aromatic heterocycles. The summed E-state index contributed by atoms with van der Waals surface area (Å²) >= 11 is 0. The summed E-state index contributed by atoms with van der Waals surface area (Å²) < 4.78 is 42.9. The van der Waals surface area contributed by atoms with Gasteiger partial charge in [-0.1, -0.05) is 26.8 Å². The van der Waals surface area contributed by atoms with Crippen LogP contribution in [0.4, 0.5) is 19.0 Å². The molecule has 0 radical (unpaired) electrons. The molecule has 5 nitrogen and oxygen atoms in total. The van der Waals surface area contributed by atoms with Crippen LogP contribution < -0.4 is 9.64 Å². The van der Waals surface area contributed by atoms with Crippen molar-refractivity contribution in [2.45, 2.75) is 65.9 Å². The van der Waals surface area contributed by atoms with Gasteiger partial charge in [-0.25, -0.2) is 4.68 Å². The molecule has 0 bridgehead atoms. The maximum atomic E-state index is 12.4. The molecular weight excluding hydrogens is 417 g/mol. The van der Waals surface area contributed by atoms with Crippen molar-refractivity contribution in [3.63, 3.8) is 0 Å². The number of aryl methyl sites for hydroxylation is 1. The van der Waals surface area contributed by atoms with Crippen LogP contribution in [0.5, 0.6) is 5.75 Å². The Morgan fingerprint density at radius 3 is 2.31 bits per heavy atom. The van der Waals surface area contributed by atoms with E-state index in [4.69, 9.17) is 5.10 Å². The van der Waals surface area contributed by atoms with Crippen molar-refractivity contribution >= 4 is 5.82 Å². The number of allylic oxidation sites excluding steroid dienone is 1. The molecule has 32 heavy (non-hydrogen) atoms. The zero-order chi connectivity index (χ0) is 23.6. The molecule has 2 heterocycles. The minimum atomic E-state index is -4.70. The second-order valence-corrected chi connectivity index (χ2v) is 8.89. The smallest absolute Gasteiger partial charge is 0.406 e. The number of halogens is 3. The molecule has 176 valence electrons. The Balaban J connectivity index is 1.73. The monoisotopic (exact) mass is 450 g/mol. The lowest BCUT2D eigenvalue weighted by molar-refractivity contribution is -0.274. The quantitative estimate of drug-likeness (QED) is 0.524. The lowest BCUT2D eigenvalue weighted by atomic mass is 9.99. The van der Waals surface area contributed by atoms with Gasteiger partial charge in [0.15, 0.2) is 5.82 Å². The normalized spacial score (nSPS) is 20.4. The maximum absolute atomic E-state index is 12.4. The fourth-order valence-electron chi connectivity index (χ4n) is 4.45. The number of benzene rings is 1. The average molecular weight is 451 g/mol. The van der Waals surface area contributed by atoms with Gasteiger partial charge in [-0.15, -0.1) is 13.2 Å². The summed E-state index contributed by atoms with van der Waals surface area (Å²) in [5, 5.41) is 4.75. The lowest BCUT2D eigenvalue weighted by Gasteiger charge is -2.47. The summed E-state index contributed by atoms with van der Waals surface area (Å²) in [7, 11) is 0. The third-order valence-electron chi connectivity index (χ3n) is 6.08. The van der Waals surface area contributed by atoms with Gasteiger partial charge in [-0.3, -0.25) is 0 Å². The molecular formula is C24H33F3N4O. The van der Waals surface area contributed by atoms with Crippen LogP contribution in [-0.2, 0) is 0 Å². The van der Waals surface area contributed by atoms with Crippen LogP contribution in [0.25, 0.3) is 5.69 Å². The minimum absolute atomic E-state index is 0.248.